The standard InChI is InChI=1S/C23H23F6N3O3/c1-31(2)8-9-32-19(33)21(30-20(32)34,16-6-4-3-5-7-16)14-35-13-15-10-17(22(24,25)26)12-18(11-15)23(27,28)29/h3-7,10-12H,8-9,13-14H2,1-2H3,(H,30,34). The van der Waals surface area contributed by atoms with Gasteiger partial charge in [0.1, 0.15) is 0 Å². The van der Waals surface area contributed by atoms with Gasteiger partial charge in [-0.3, -0.25) is 9.69 Å². The van der Waals surface area contributed by atoms with Crippen molar-refractivity contribution in [1.29, 1.82) is 0 Å². The molecule has 0 bridgehead atoms. The molecular weight excluding hydrogens is 480 g/mol. The molecule has 1 heterocycles. The van der Waals surface area contributed by atoms with Gasteiger partial charge in [-0.25, -0.2) is 4.79 Å². The van der Waals surface area contributed by atoms with Crippen LogP contribution in [-0.4, -0.2) is 55.5 Å². The van der Waals surface area contributed by atoms with Gasteiger partial charge in [0.2, 0.25) is 0 Å². The number of nitrogens with one attached hydrogen (secondary N) is 1. The molecule has 0 spiro atoms. The molecule has 1 atom stereocenters. The smallest absolute Gasteiger partial charge is 0.373 e. The first-order valence-corrected chi connectivity index (χ1v) is 10.4. The summed E-state index contributed by atoms with van der Waals surface area (Å²) in [6.45, 7) is -0.690. The van der Waals surface area contributed by atoms with Gasteiger partial charge >= 0.3 is 18.4 Å². The molecule has 2 aromatic rings. The lowest BCUT2D eigenvalue weighted by molar-refractivity contribution is -0.143. The Morgan fingerprint density at radius 1 is 0.943 bits per heavy atom. The molecule has 3 amide bonds. The first kappa shape index (κ1) is 26.5. The Labute approximate surface area is 197 Å². The average Bonchev–Trinajstić information content (AvgIpc) is 3.01. The number of hydrogen-bond donors (Lipinski definition) is 1. The Hall–Kier alpha value is -3.12. The van der Waals surface area contributed by atoms with Gasteiger partial charge in [-0.05, 0) is 43.4 Å². The van der Waals surface area contributed by atoms with Crippen LogP contribution >= 0.6 is 0 Å². The van der Waals surface area contributed by atoms with Crippen LogP contribution in [0.15, 0.2) is 48.5 Å². The van der Waals surface area contributed by atoms with Crippen LogP contribution < -0.4 is 5.32 Å². The molecular formula is C23H23F6N3O3. The quantitative estimate of drug-likeness (QED) is 0.432. The van der Waals surface area contributed by atoms with Gasteiger partial charge in [-0.15, -0.1) is 0 Å². The number of amides is 3. The van der Waals surface area contributed by atoms with E-state index in [2.05, 4.69) is 5.32 Å². The fourth-order valence-electron chi connectivity index (χ4n) is 3.65. The van der Waals surface area contributed by atoms with Crippen molar-refractivity contribution in [3.63, 3.8) is 0 Å². The zero-order valence-electron chi connectivity index (χ0n) is 18.8. The number of benzene rings is 2. The molecule has 2 aromatic carbocycles. The molecule has 1 N–H and O–H groups in total. The molecule has 0 saturated carbocycles. The van der Waals surface area contributed by atoms with Crippen LogP contribution in [-0.2, 0) is 34.0 Å². The van der Waals surface area contributed by atoms with Crippen molar-refractivity contribution in [2.45, 2.75) is 24.5 Å². The maximum absolute atomic E-state index is 13.3. The lowest BCUT2D eigenvalue weighted by Crippen LogP contribution is -2.48. The highest BCUT2D eigenvalue weighted by molar-refractivity contribution is 6.07. The topological polar surface area (TPSA) is 61.9 Å². The number of rotatable bonds is 8. The zero-order chi connectivity index (χ0) is 26.0. The van der Waals surface area contributed by atoms with Gasteiger partial charge < -0.3 is 15.0 Å². The predicted molar refractivity (Wildman–Crippen MR) is 113 cm³/mol. The number of ether oxygens (including phenoxy) is 1. The first-order valence-electron chi connectivity index (χ1n) is 10.4. The molecule has 0 aliphatic carbocycles. The van der Waals surface area contributed by atoms with E-state index >= 15 is 0 Å². The van der Waals surface area contributed by atoms with Gasteiger partial charge in [-0.2, -0.15) is 26.3 Å². The molecule has 12 heteroatoms. The highest BCUT2D eigenvalue weighted by atomic mass is 19.4. The minimum Gasteiger partial charge on any atom is -0.373 e. The maximum atomic E-state index is 13.3. The van der Waals surface area contributed by atoms with E-state index < -0.39 is 54.2 Å². The number of carbonyl (C=O) groups is 2. The molecule has 6 nitrogen and oxygen atoms in total. The summed E-state index contributed by atoms with van der Waals surface area (Å²) in [5, 5.41) is 2.60. The summed E-state index contributed by atoms with van der Waals surface area (Å²) < 4.78 is 84.3. The lowest BCUT2D eigenvalue weighted by Gasteiger charge is -2.27. The van der Waals surface area contributed by atoms with Crippen LogP contribution in [0.5, 0.6) is 0 Å². The van der Waals surface area contributed by atoms with E-state index in [1.807, 2.05) is 0 Å². The minimum atomic E-state index is -5.00. The van der Waals surface area contributed by atoms with Crippen molar-refractivity contribution in [3.8, 4) is 0 Å². The molecule has 190 valence electrons. The van der Waals surface area contributed by atoms with Crippen molar-refractivity contribution in [2.24, 2.45) is 0 Å². The van der Waals surface area contributed by atoms with Gasteiger partial charge in [0.25, 0.3) is 5.91 Å². The van der Waals surface area contributed by atoms with Gasteiger partial charge in [0.05, 0.1) is 24.3 Å². The Balaban J connectivity index is 1.88. The van der Waals surface area contributed by atoms with Crippen LogP contribution in [0.1, 0.15) is 22.3 Å². The minimum absolute atomic E-state index is 0.0261. The molecule has 35 heavy (non-hydrogen) atoms. The largest absolute Gasteiger partial charge is 0.416 e. The van der Waals surface area contributed by atoms with E-state index in [1.165, 1.54) is 0 Å². The van der Waals surface area contributed by atoms with E-state index in [1.54, 1.807) is 49.3 Å². The third-order valence-electron chi connectivity index (χ3n) is 5.45. The fourth-order valence-corrected chi connectivity index (χ4v) is 3.65. The van der Waals surface area contributed by atoms with Crippen LogP contribution in [0.3, 0.4) is 0 Å². The van der Waals surface area contributed by atoms with E-state index in [4.69, 9.17) is 4.74 Å². The van der Waals surface area contributed by atoms with Crippen LogP contribution in [0, 0.1) is 0 Å². The van der Waals surface area contributed by atoms with Crippen LogP contribution in [0.2, 0.25) is 0 Å². The van der Waals surface area contributed by atoms with Gasteiger partial charge in [-0.1, -0.05) is 30.3 Å². The number of halogens is 6. The molecule has 3 rings (SSSR count). The molecule has 1 fully saturated rings. The fraction of sp³-hybridized carbons (Fsp3) is 0.391. The van der Waals surface area contributed by atoms with Crippen molar-refractivity contribution < 1.29 is 40.7 Å². The van der Waals surface area contributed by atoms with E-state index in [9.17, 15) is 35.9 Å². The summed E-state index contributed by atoms with van der Waals surface area (Å²) in [7, 11) is 3.52. The normalized spacial score (nSPS) is 18.9. The van der Waals surface area contributed by atoms with E-state index in [0.29, 0.717) is 24.2 Å². The lowest BCUT2D eigenvalue weighted by atomic mass is 9.90. The Morgan fingerprint density at radius 2 is 1.51 bits per heavy atom. The zero-order valence-corrected chi connectivity index (χ0v) is 18.8. The summed E-state index contributed by atoms with van der Waals surface area (Å²) in [5.74, 6) is -0.629. The number of hydrogen-bond acceptors (Lipinski definition) is 4. The maximum Gasteiger partial charge on any atom is 0.416 e. The molecule has 0 aromatic heterocycles. The second-order valence-corrected chi connectivity index (χ2v) is 8.37. The highest BCUT2D eigenvalue weighted by Gasteiger charge is 2.52. The number of alkyl halides is 6. The summed E-state index contributed by atoms with van der Waals surface area (Å²) in [6, 6.07) is 8.55. The summed E-state index contributed by atoms with van der Waals surface area (Å²) in [6.07, 6.45) is -9.99. The van der Waals surface area contributed by atoms with Gasteiger partial charge in [0, 0.05) is 13.1 Å². The Kier molecular flexibility index (Phi) is 7.46. The number of urea groups is 1. The third-order valence-corrected chi connectivity index (χ3v) is 5.45. The summed E-state index contributed by atoms with van der Waals surface area (Å²) >= 11 is 0. The van der Waals surface area contributed by atoms with Crippen molar-refractivity contribution in [3.05, 3.63) is 70.8 Å². The number of carbonyl (C=O) groups excluding carboxylic acids is 2. The Bertz CT molecular complexity index is 1040. The van der Waals surface area contributed by atoms with Crippen molar-refractivity contribution >= 4 is 11.9 Å². The highest BCUT2D eigenvalue weighted by Crippen LogP contribution is 2.37. The number of nitrogens with zero attached hydrogens (tertiary/aromatic N) is 2. The number of likely N-dealkylation sites (N-methyl/N-ethyl adjacent to an activating group) is 1. The summed E-state index contributed by atoms with van der Waals surface area (Å²) in [5.41, 5.74) is -4.63. The van der Waals surface area contributed by atoms with E-state index in [-0.39, 0.29) is 18.2 Å². The van der Waals surface area contributed by atoms with Gasteiger partial charge in [0.15, 0.2) is 5.54 Å². The molecule has 1 aliphatic rings. The molecule has 1 saturated heterocycles. The van der Waals surface area contributed by atoms with E-state index in [0.717, 1.165) is 4.90 Å². The third kappa shape index (κ3) is 5.93. The second kappa shape index (κ2) is 9.86. The summed E-state index contributed by atoms with van der Waals surface area (Å²) in [4.78, 5) is 28.7. The first-order chi connectivity index (χ1) is 16.2. The number of imide groups is 1. The second-order valence-electron chi connectivity index (χ2n) is 8.37. The average molecular weight is 503 g/mol. The molecule has 0 radical (unpaired) electrons. The monoisotopic (exact) mass is 503 g/mol. The SMILES string of the molecule is CN(C)CCN1C(=O)NC(COCc2cc(C(F)(F)F)cc(C(F)(F)F)c2)(c2ccccc2)C1=O. The molecule has 1 unspecified atom stereocenters. The Morgan fingerprint density at radius 3 is 2.03 bits per heavy atom. The molecule has 1 aliphatic heterocycles. The van der Waals surface area contributed by atoms with Crippen molar-refractivity contribution in [2.75, 3.05) is 33.8 Å². The predicted octanol–water partition coefficient (Wildman–Crippen LogP) is 4.25. The van der Waals surface area contributed by atoms with Crippen LogP contribution in [0.4, 0.5) is 31.1 Å². The van der Waals surface area contributed by atoms with Crippen LogP contribution in [0.25, 0.3) is 0 Å². The van der Waals surface area contributed by atoms with Crippen molar-refractivity contribution in [1.82, 2.24) is 15.1 Å².